The number of nitrogens with one attached hydrogen (secondary N) is 2. The van der Waals surface area contributed by atoms with E-state index in [2.05, 4.69) is 25.0 Å². The fraction of sp³-hybridized carbons (Fsp3) is 1.00. The SMILES string of the molecule is [B]1O[B]ONCNO1. The fourth-order valence-electron chi connectivity index (χ4n) is 0.259. The predicted molar refractivity (Wildman–Crippen MR) is 25.9 cm³/mol. The molecule has 0 amide bonds. The summed E-state index contributed by atoms with van der Waals surface area (Å²) >= 11 is 0. The molecule has 2 radical (unpaired) electrons. The second-order valence-electron chi connectivity index (χ2n) is 1.03. The number of hydrogen-bond acceptors (Lipinski definition) is 5. The zero-order valence-electron chi connectivity index (χ0n) is 4.09. The average molecular weight is 114 g/mol. The molecule has 5 nitrogen and oxygen atoms in total. The Morgan fingerprint density at radius 2 is 1.75 bits per heavy atom. The highest BCUT2D eigenvalue weighted by Gasteiger charge is 2.00. The van der Waals surface area contributed by atoms with Crippen LogP contribution in [-0.2, 0) is 14.1 Å². The summed E-state index contributed by atoms with van der Waals surface area (Å²) in [5, 5.41) is 0. The quantitative estimate of drug-likeness (QED) is 0.359. The molecule has 0 unspecified atom stereocenters. The first kappa shape index (κ1) is 6.06. The minimum atomic E-state index is 0.413. The third-order valence-corrected chi connectivity index (χ3v) is 0.518. The molecule has 0 bridgehead atoms. The van der Waals surface area contributed by atoms with Gasteiger partial charge in [-0.1, -0.05) is 0 Å². The molecular weight excluding hydrogens is 110 g/mol. The van der Waals surface area contributed by atoms with Gasteiger partial charge in [-0.3, -0.25) is 0 Å². The van der Waals surface area contributed by atoms with Gasteiger partial charge in [0.15, 0.2) is 0 Å². The second kappa shape index (κ2) is 3.88. The molecule has 1 rings (SSSR count). The molecule has 1 heterocycles. The van der Waals surface area contributed by atoms with Crippen molar-refractivity contribution in [1.29, 1.82) is 0 Å². The van der Waals surface area contributed by atoms with E-state index in [1.807, 2.05) is 0 Å². The van der Waals surface area contributed by atoms with E-state index in [9.17, 15) is 0 Å². The molecule has 1 aliphatic heterocycles. The average Bonchev–Trinajstić information content (AvgIpc) is 1.62. The van der Waals surface area contributed by atoms with Crippen molar-refractivity contribution in [3.05, 3.63) is 0 Å². The van der Waals surface area contributed by atoms with E-state index in [0.29, 0.717) is 6.67 Å². The first-order chi connectivity index (χ1) is 4.00. The first-order valence-electron chi connectivity index (χ1n) is 2.06. The summed E-state index contributed by atoms with van der Waals surface area (Å²) in [6.45, 7) is 0.413. The van der Waals surface area contributed by atoms with Crippen LogP contribution >= 0.6 is 0 Å². The molecule has 0 atom stereocenters. The lowest BCUT2D eigenvalue weighted by molar-refractivity contribution is 0.0757. The van der Waals surface area contributed by atoms with E-state index in [4.69, 9.17) is 0 Å². The zero-order chi connectivity index (χ0) is 5.66. The van der Waals surface area contributed by atoms with E-state index in [1.165, 1.54) is 0 Å². The summed E-state index contributed by atoms with van der Waals surface area (Å²) in [6, 6.07) is 0. The van der Waals surface area contributed by atoms with Gasteiger partial charge in [-0.05, 0) is 0 Å². The highest BCUT2D eigenvalue weighted by Crippen LogP contribution is 1.71. The Bertz CT molecular complexity index is 39.2. The molecule has 8 heavy (non-hydrogen) atoms. The Morgan fingerprint density at radius 3 is 2.38 bits per heavy atom. The molecule has 0 aromatic rings. The molecule has 0 aromatic heterocycles. The normalized spacial score (nSPS) is 22.0. The first-order valence-corrected chi connectivity index (χ1v) is 2.06. The van der Waals surface area contributed by atoms with Crippen molar-refractivity contribution >= 4 is 15.4 Å². The topological polar surface area (TPSA) is 51.8 Å². The van der Waals surface area contributed by atoms with Gasteiger partial charge in [0.05, 0.1) is 6.67 Å². The number of rotatable bonds is 0. The van der Waals surface area contributed by atoms with Crippen LogP contribution in [0.4, 0.5) is 0 Å². The molecule has 0 aliphatic carbocycles. The van der Waals surface area contributed by atoms with Crippen LogP contribution in [0.3, 0.4) is 0 Å². The van der Waals surface area contributed by atoms with Crippen LogP contribution in [0.15, 0.2) is 0 Å². The Hall–Kier alpha value is -0.0701. The predicted octanol–water partition coefficient (Wildman–Crippen LogP) is -1.92. The molecule has 1 saturated heterocycles. The van der Waals surface area contributed by atoms with Crippen molar-refractivity contribution in [2.24, 2.45) is 0 Å². The Balaban J connectivity index is 2.00. The van der Waals surface area contributed by atoms with Crippen molar-refractivity contribution in [1.82, 2.24) is 11.0 Å². The van der Waals surface area contributed by atoms with Gasteiger partial charge in [0, 0.05) is 0 Å². The van der Waals surface area contributed by atoms with Crippen LogP contribution in [0, 0.1) is 0 Å². The largest absolute Gasteiger partial charge is 0.491 e. The van der Waals surface area contributed by atoms with E-state index >= 15 is 0 Å². The van der Waals surface area contributed by atoms with Crippen LogP contribution in [0.25, 0.3) is 0 Å². The maximum absolute atomic E-state index is 4.50. The highest BCUT2D eigenvalue weighted by molar-refractivity contribution is 6.34. The number of hydrogen-bond donors (Lipinski definition) is 2. The van der Waals surface area contributed by atoms with Gasteiger partial charge in [0.1, 0.15) is 0 Å². The summed E-state index contributed by atoms with van der Waals surface area (Å²) in [7, 11) is 2.22. The third kappa shape index (κ3) is 2.29. The van der Waals surface area contributed by atoms with Gasteiger partial charge >= 0.3 is 15.4 Å². The van der Waals surface area contributed by atoms with Gasteiger partial charge in [-0.15, -0.1) is 0 Å². The van der Waals surface area contributed by atoms with Crippen molar-refractivity contribution in [2.45, 2.75) is 0 Å². The van der Waals surface area contributed by atoms with Crippen LogP contribution in [-0.4, -0.2) is 22.0 Å². The summed E-state index contributed by atoms with van der Waals surface area (Å²) in [5.41, 5.74) is 4.90. The van der Waals surface area contributed by atoms with Crippen molar-refractivity contribution < 1.29 is 14.1 Å². The van der Waals surface area contributed by atoms with Crippen LogP contribution in [0.5, 0.6) is 0 Å². The van der Waals surface area contributed by atoms with Crippen LogP contribution in [0.2, 0.25) is 0 Å². The van der Waals surface area contributed by atoms with Crippen molar-refractivity contribution in [3.8, 4) is 0 Å². The van der Waals surface area contributed by atoms with Gasteiger partial charge < -0.3 is 14.1 Å². The summed E-state index contributed by atoms with van der Waals surface area (Å²) < 4.78 is 13.5. The van der Waals surface area contributed by atoms with Gasteiger partial charge in [0.25, 0.3) is 0 Å². The smallest absolute Gasteiger partial charge is 0.454 e. The van der Waals surface area contributed by atoms with Gasteiger partial charge in [0.2, 0.25) is 0 Å². The molecule has 0 spiro atoms. The maximum Gasteiger partial charge on any atom is 0.491 e. The molecule has 0 aromatic carbocycles. The third-order valence-electron chi connectivity index (χ3n) is 0.518. The lowest BCUT2D eigenvalue weighted by Gasteiger charge is -2.09. The summed E-state index contributed by atoms with van der Waals surface area (Å²) in [4.78, 5) is 0. The van der Waals surface area contributed by atoms with E-state index in [1.54, 1.807) is 0 Å². The monoisotopic (exact) mass is 114 g/mol. The molecule has 42 valence electrons. The zero-order valence-corrected chi connectivity index (χ0v) is 4.09. The standard InChI is InChI=1S/CH4B2N2O3/c1-4-7-2-6-3-8-5-1/h4-5H,1H2. The molecule has 7 heteroatoms. The minimum Gasteiger partial charge on any atom is -0.454 e. The fourth-order valence-corrected chi connectivity index (χ4v) is 0.259. The Kier molecular flexibility index (Phi) is 2.93. The molecule has 1 aliphatic rings. The minimum absolute atomic E-state index is 0.413. The molecule has 1 fully saturated rings. The lowest BCUT2D eigenvalue weighted by Crippen LogP contribution is -2.36. The Morgan fingerprint density at radius 1 is 1.12 bits per heavy atom. The summed E-state index contributed by atoms with van der Waals surface area (Å²) in [6.07, 6.45) is 0. The highest BCUT2D eigenvalue weighted by atomic mass is 16.7. The van der Waals surface area contributed by atoms with Gasteiger partial charge in [-0.25, -0.2) is 11.0 Å². The van der Waals surface area contributed by atoms with E-state index < -0.39 is 0 Å². The Labute approximate surface area is 48.2 Å². The lowest BCUT2D eigenvalue weighted by atomic mass is 10.3. The van der Waals surface area contributed by atoms with Crippen LogP contribution in [0.1, 0.15) is 0 Å². The molecule has 0 saturated carbocycles. The molecular formula is CH4B2N2O3. The van der Waals surface area contributed by atoms with Crippen molar-refractivity contribution in [2.75, 3.05) is 6.67 Å². The van der Waals surface area contributed by atoms with E-state index in [0.717, 1.165) is 15.4 Å². The molecule has 2 N–H and O–H groups in total. The second-order valence-corrected chi connectivity index (χ2v) is 1.03. The van der Waals surface area contributed by atoms with E-state index in [-0.39, 0.29) is 0 Å². The van der Waals surface area contributed by atoms with Crippen molar-refractivity contribution in [3.63, 3.8) is 0 Å². The maximum atomic E-state index is 4.50. The van der Waals surface area contributed by atoms with Crippen LogP contribution < -0.4 is 11.0 Å². The number of hydroxylamine groups is 2. The summed E-state index contributed by atoms with van der Waals surface area (Å²) in [5.74, 6) is 0. The van der Waals surface area contributed by atoms with Gasteiger partial charge in [-0.2, -0.15) is 0 Å².